The molecule has 3 heterocycles. The Morgan fingerprint density at radius 1 is 1.22 bits per heavy atom. The third-order valence-corrected chi connectivity index (χ3v) is 5.99. The van der Waals surface area contributed by atoms with Crippen LogP contribution in [0.5, 0.6) is 5.75 Å². The molecule has 2 aliphatic rings. The molecular weight excluding hydrogens is 336 g/mol. The van der Waals surface area contributed by atoms with E-state index in [-0.39, 0.29) is 0 Å². The number of para-hydroxylation sites is 1. The van der Waals surface area contributed by atoms with Gasteiger partial charge in [-0.2, -0.15) is 0 Å². The highest BCUT2D eigenvalue weighted by molar-refractivity contribution is 5.40. The summed E-state index contributed by atoms with van der Waals surface area (Å²) in [6.07, 6.45) is 6.81. The molecule has 0 saturated carbocycles. The highest BCUT2D eigenvalue weighted by Crippen LogP contribution is 2.29. The number of ether oxygens (including phenoxy) is 1. The second kappa shape index (κ2) is 7.95. The first-order chi connectivity index (χ1) is 13.2. The van der Waals surface area contributed by atoms with E-state index < -0.39 is 0 Å². The van der Waals surface area contributed by atoms with Gasteiger partial charge in [0.1, 0.15) is 11.6 Å². The molecule has 5 heteroatoms. The topological polar surface area (TPSA) is 41.5 Å². The first kappa shape index (κ1) is 18.4. The van der Waals surface area contributed by atoms with Crippen LogP contribution >= 0.6 is 0 Å². The number of aromatic nitrogens is 2. The molecule has 1 atom stereocenters. The first-order valence-electron chi connectivity index (χ1n) is 10.1. The number of methoxy groups -OCH3 is 1. The summed E-state index contributed by atoms with van der Waals surface area (Å²) < 4.78 is 5.62. The number of likely N-dealkylation sites (tertiary alicyclic amines) is 1. The van der Waals surface area contributed by atoms with Gasteiger partial charge in [0.2, 0.25) is 0 Å². The zero-order valence-corrected chi connectivity index (χ0v) is 16.7. The lowest BCUT2D eigenvalue weighted by atomic mass is 10.0. The van der Waals surface area contributed by atoms with Gasteiger partial charge in [0, 0.05) is 49.1 Å². The van der Waals surface area contributed by atoms with Gasteiger partial charge in [0.05, 0.1) is 13.2 Å². The predicted molar refractivity (Wildman–Crippen MR) is 107 cm³/mol. The molecule has 1 unspecified atom stereocenters. The molecule has 0 amide bonds. The molecule has 2 aliphatic heterocycles. The summed E-state index contributed by atoms with van der Waals surface area (Å²) in [6, 6.07) is 6.77. The van der Waals surface area contributed by atoms with Crippen molar-refractivity contribution in [3.63, 3.8) is 0 Å². The molecule has 0 N–H and O–H groups in total. The van der Waals surface area contributed by atoms with Crippen molar-refractivity contribution < 1.29 is 4.74 Å². The lowest BCUT2D eigenvalue weighted by Crippen LogP contribution is -2.33. The molecule has 1 aromatic carbocycles. The van der Waals surface area contributed by atoms with E-state index >= 15 is 0 Å². The van der Waals surface area contributed by atoms with Crippen molar-refractivity contribution in [1.82, 2.24) is 19.8 Å². The zero-order valence-electron chi connectivity index (χ0n) is 16.7. The summed E-state index contributed by atoms with van der Waals surface area (Å²) in [7, 11) is 3.96. The van der Waals surface area contributed by atoms with E-state index in [0.29, 0.717) is 6.04 Å². The van der Waals surface area contributed by atoms with E-state index in [2.05, 4.69) is 48.2 Å². The number of benzene rings is 1. The Hall–Kier alpha value is -1.98. The number of hydrogen-bond acceptors (Lipinski definition) is 5. The molecule has 0 bridgehead atoms. The second-order valence-corrected chi connectivity index (χ2v) is 7.92. The van der Waals surface area contributed by atoms with Gasteiger partial charge in [-0.25, -0.2) is 9.97 Å². The van der Waals surface area contributed by atoms with E-state index in [1.165, 1.54) is 41.6 Å². The van der Waals surface area contributed by atoms with Gasteiger partial charge in [0.15, 0.2) is 0 Å². The predicted octanol–water partition coefficient (Wildman–Crippen LogP) is 3.51. The van der Waals surface area contributed by atoms with Crippen LogP contribution in [0.4, 0.5) is 0 Å². The summed E-state index contributed by atoms with van der Waals surface area (Å²) in [5.41, 5.74) is 4.96. The lowest BCUT2D eigenvalue weighted by molar-refractivity contribution is 0.178. The molecule has 0 radical (unpaired) electrons. The maximum absolute atomic E-state index is 5.62. The van der Waals surface area contributed by atoms with E-state index in [1.54, 1.807) is 7.11 Å². The number of aryl methyl sites for hydroxylation is 1. The first-order valence-corrected chi connectivity index (χ1v) is 10.1. The third-order valence-electron chi connectivity index (χ3n) is 5.99. The van der Waals surface area contributed by atoms with Crippen LogP contribution in [-0.4, -0.2) is 47.0 Å². The van der Waals surface area contributed by atoms with Gasteiger partial charge < -0.3 is 4.74 Å². The molecule has 27 heavy (non-hydrogen) atoms. The number of piperidine rings is 1. The Labute approximate surface area is 162 Å². The molecule has 0 aliphatic carbocycles. The molecule has 0 spiro atoms. The average molecular weight is 367 g/mol. The molecular formula is C22H30N4O. The van der Waals surface area contributed by atoms with Crippen molar-refractivity contribution in [2.45, 2.75) is 51.7 Å². The molecule has 2 aromatic rings. The largest absolute Gasteiger partial charge is 0.496 e. The van der Waals surface area contributed by atoms with Gasteiger partial charge in [-0.3, -0.25) is 9.80 Å². The van der Waals surface area contributed by atoms with Gasteiger partial charge >= 0.3 is 0 Å². The molecule has 4 rings (SSSR count). The number of rotatable bonds is 4. The van der Waals surface area contributed by atoms with Gasteiger partial charge in [-0.15, -0.1) is 0 Å². The summed E-state index contributed by atoms with van der Waals surface area (Å²) in [5, 5.41) is 0. The van der Waals surface area contributed by atoms with E-state index in [9.17, 15) is 0 Å². The van der Waals surface area contributed by atoms with Crippen molar-refractivity contribution in [1.29, 1.82) is 0 Å². The van der Waals surface area contributed by atoms with Crippen molar-refractivity contribution in [3.8, 4) is 5.75 Å². The number of nitrogens with zero attached hydrogens (tertiary/aromatic N) is 4. The quantitative estimate of drug-likeness (QED) is 0.828. The van der Waals surface area contributed by atoms with E-state index in [1.807, 2.05) is 0 Å². The molecule has 144 valence electrons. The van der Waals surface area contributed by atoms with E-state index in [4.69, 9.17) is 14.7 Å². The minimum atomic E-state index is 0.388. The smallest absolute Gasteiger partial charge is 0.145 e. The van der Waals surface area contributed by atoms with Crippen molar-refractivity contribution in [3.05, 3.63) is 52.6 Å². The Bertz CT molecular complexity index is 807. The highest BCUT2D eigenvalue weighted by Gasteiger charge is 2.26. The minimum absolute atomic E-state index is 0.388. The van der Waals surface area contributed by atoms with Crippen molar-refractivity contribution in [2.24, 2.45) is 0 Å². The summed E-state index contributed by atoms with van der Waals surface area (Å²) in [6.45, 7) is 6.09. The van der Waals surface area contributed by atoms with Crippen LogP contribution < -0.4 is 4.74 Å². The number of fused-ring (bicyclic) bond motifs is 1. The standard InChI is InChI=1S/C22H30N4O/c1-16-7-6-8-17(21(16)27-3)14-26-12-10-19-18(15-26)13-23-22(24-19)20-9-4-5-11-25(20)2/h6-8,13,20H,4-5,9-12,14-15H2,1-3H3. The van der Waals surface area contributed by atoms with Crippen molar-refractivity contribution >= 4 is 0 Å². The lowest BCUT2D eigenvalue weighted by Gasteiger charge is -2.33. The highest BCUT2D eigenvalue weighted by atomic mass is 16.5. The normalized spacial score (nSPS) is 21.1. The van der Waals surface area contributed by atoms with Gasteiger partial charge in [-0.1, -0.05) is 24.6 Å². The number of hydrogen-bond donors (Lipinski definition) is 0. The molecule has 1 aromatic heterocycles. The summed E-state index contributed by atoms with van der Waals surface area (Å²) >= 11 is 0. The van der Waals surface area contributed by atoms with Gasteiger partial charge in [0.25, 0.3) is 0 Å². The van der Waals surface area contributed by atoms with Crippen LogP contribution in [0.1, 0.15) is 53.5 Å². The van der Waals surface area contributed by atoms with Crippen LogP contribution in [0.25, 0.3) is 0 Å². The summed E-state index contributed by atoms with van der Waals surface area (Å²) in [4.78, 5) is 14.6. The third kappa shape index (κ3) is 3.85. The fraction of sp³-hybridized carbons (Fsp3) is 0.545. The molecule has 1 saturated heterocycles. The fourth-order valence-corrected chi connectivity index (χ4v) is 4.46. The average Bonchev–Trinajstić information content (AvgIpc) is 2.68. The SMILES string of the molecule is COc1c(C)cccc1CN1CCc2nc(C3CCCCN3C)ncc2C1. The van der Waals surface area contributed by atoms with Crippen LogP contribution in [0.15, 0.2) is 24.4 Å². The maximum Gasteiger partial charge on any atom is 0.145 e. The van der Waals surface area contributed by atoms with Crippen LogP contribution in [-0.2, 0) is 19.5 Å². The Morgan fingerprint density at radius 3 is 2.93 bits per heavy atom. The summed E-state index contributed by atoms with van der Waals surface area (Å²) in [5.74, 6) is 2.03. The minimum Gasteiger partial charge on any atom is -0.496 e. The van der Waals surface area contributed by atoms with Crippen LogP contribution in [0, 0.1) is 6.92 Å². The van der Waals surface area contributed by atoms with E-state index in [0.717, 1.165) is 44.2 Å². The molecule has 5 nitrogen and oxygen atoms in total. The van der Waals surface area contributed by atoms with Crippen LogP contribution in [0.2, 0.25) is 0 Å². The molecule has 1 fully saturated rings. The maximum atomic E-state index is 5.62. The van der Waals surface area contributed by atoms with Gasteiger partial charge in [-0.05, 0) is 38.9 Å². The Balaban J connectivity index is 1.48. The monoisotopic (exact) mass is 366 g/mol. The van der Waals surface area contributed by atoms with Crippen molar-refractivity contribution in [2.75, 3.05) is 27.2 Å². The zero-order chi connectivity index (χ0) is 18.8. The fourth-order valence-electron chi connectivity index (χ4n) is 4.46. The Kier molecular flexibility index (Phi) is 5.41. The Morgan fingerprint density at radius 2 is 2.11 bits per heavy atom. The van der Waals surface area contributed by atoms with Crippen LogP contribution in [0.3, 0.4) is 0 Å². The second-order valence-electron chi connectivity index (χ2n) is 7.92.